The largest absolute Gasteiger partial charge is 0.508 e. The van der Waals surface area contributed by atoms with E-state index in [2.05, 4.69) is 11.8 Å². The molecule has 0 bridgehead atoms. The van der Waals surface area contributed by atoms with Crippen LogP contribution in [0.15, 0.2) is 24.3 Å². The van der Waals surface area contributed by atoms with E-state index in [0.29, 0.717) is 18.3 Å². The van der Waals surface area contributed by atoms with Gasteiger partial charge in [0.1, 0.15) is 5.75 Å². The first-order valence-corrected chi connectivity index (χ1v) is 6.58. The number of likely N-dealkylation sites (N-methyl/N-ethyl adjacent to an activating group) is 2. The topological polar surface area (TPSA) is 43.8 Å². The lowest BCUT2D eigenvalue weighted by Gasteiger charge is -2.25. The highest BCUT2D eigenvalue weighted by molar-refractivity contribution is 5.77. The number of phenols is 1. The minimum Gasteiger partial charge on any atom is -0.508 e. The number of rotatable bonds is 6. The molecule has 1 rings (SSSR count). The van der Waals surface area contributed by atoms with Crippen LogP contribution in [0, 0.1) is 0 Å². The average molecular weight is 264 g/mol. The van der Waals surface area contributed by atoms with E-state index >= 15 is 0 Å². The second kappa shape index (κ2) is 7.14. The summed E-state index contributed by atoms with van der Waals surface area (Å²) in [4.78, 5) is 15.3. The van der Waals surface area contributed by atoms with E-state index in [1.807, 2.05) is 19.2 Å². The fourth-order valence-corrected chi connectivity index (χ4v) is 1.77. The predicted octanol–water partition coefficient (Wildman–Crippen LogP) is 1.73. The molecule has 1 aromatic rings. The Morgan fingerprint density at radius 3 is 2.32 bits per heavy atom. The monoisotopic (exact) mass is 264 g/mol. The first-order chi connectivity index (χ1) is 8.90. The first kappa shape index (κ1) is 15.5. The van der Waals surface area contributed by atoms with Crippen LogP contribution in [0.4, 0.5) is 0 Å². The lowest BCUT2D eigenvalue weighted by molar-refractivity contribution is -0.130. The van der Waals surface area contributed by atoms with Gasteiger partial charge in [-0.3, -0.25) is 9.69 Å². The van der Waals surface area contributed by atoms with Gasteiger partial charge in [0, 0.05) is 20.1 Å². The molecule has 0 aliphatic carbocycles. The smallest absolute Gasteiger partial charge is 0.236 e. The lowest BCUT2D eigenvalue weighted by atomic mass is 10.1. The lowest BCUT2D eigenvalue weighted by Crippen LogP contribution is -2.39. The molecular weight excluding hydrogens is 240 g/mol. The summed E-state index contributed by atoms with van der Waals surface area (Å²) < 4.78 is 0. The molecule has 0 saturated heterocycles. The fraction of sp³-hybridized carbons (Fsp3) is 0.533. The molecule has 0 heterocycles. The number of carbonyl (C=O) groups is 1. The van der Waals surface area contributed by atoms with Gasteiger partial charge in [-0.2, -0.15) is 0 Å². The molecule has 1 unspecified atom stereocenters. The number of aromatic hydroxyl groups is 1. The molecule has 1 atom stereocenters. The van der Waals surface area contributed by atoms with Gasteiger partial charge in [-0.1, -0.05) is 12.1 Å². The Morgan fingerprint density at radius 1 is 1.21 bits per heavy atom. The second-order valence-electron chi connectivity index (χ2n) is 5.26. The third-order valence-electron chi connectivity index (χ3n) is 3.42. The Kier molecular flexibility index (Phi) is 5.83. The molecule has 19 heavy (non-hydrogen) atoms. The summed E-state index contributed by atoms with van der Waals surface area (Å²) in [5.41, 5.74) is 1.21. The van der Waals surface area contributed by atoms with E-state index in [-0.39, 0.29) is 5.91 Å². The number of phenolic OH excluding ortho intramolecular Hbond substituents is 1. The number of nitrogens with zero attached hydrogens (tertiary/aromatic N) is 2. The minimum absolute atomic E-state index is 0.124. The van der Waals surface area contributed by atoms with Gasteiger partial charge < -0.3 is 10.0 Å². The van der Waals surface area contributed by atoms with Crippen molar-refractivity contribution in [3.63, 3.8) is 0 Å². The van der Waals surface area contributed by atoms with Crippen LogP contribution in [-0.2, 0) is 11.2 Å². The molecular formula is C15H24N2O2. The van der Waals surface area contributed by atoms with Crippen LogP contribution in [0.1, 0.15) is 18.9 Å². The van der Waals surface area contributed by atoms with E-state index in [1.165, 1.54) is 5.56 Å². The highest BCUT2D eigenvalue weighted by atomic mass is 16.3. The first-order valence-electron chi connectivity index (χ1n) is 6.58. The van der Waals surface area contributed by atoms with Crippen molar-refractivity contribution < 1.29 is 9.90 Å². The Morgan fingerprint density at radius 2 is 1.79 bits per heavy atom. The molecule has 0 radical (unpaired) electrons. The van der Waals surface area contributed by atoms with Crippen molar-refractivity contribution in [2.75, 3.05) is 27.7 Å². The summed E-state index contributed by atoms with van der Waals surface area (Å²) >= 11 is 0. The maximum atomic E-state index is 11.6. The molecule has 106 valence electrons. The van der Waals surface area contributed by atoms with Gasteiger partial charge in [0.05, 0.1) is 6.54 Å². The van der Waals surface area contributed by atoms with E-state index < -0.39 is 0 Å². The maximum Gasteiger partial charge on any atom is 0.236 e. The van der Waals surface area contributed by atoms with Crippen molar-refractivity contribution in [1.29, 1.82) is 0 Å². The van der Waals surface area contributed by atoms with Gasteiger partial charge in [-0.15, -0.1) is 0 Å². The number of amides is 1. The van der Waals surface area contributed by atoms with Gasteiger partial charge in [-0.05, 0) is 44.5 Å². The summed E-state index contributed by atoms with van der Waals surface area (Å²) in [7, 11) is 5.53. The van der Waals surface area contributed by atoms with Crippen LogP contribution >= 0.6 is 0 Å². The third-order valence-corrected chi connectivity index (χ3v) is 3.42. The number of benzene rings is 1. The highest BCUT2D eigenvalue weighted by Crippen LogP contribution is 2.13. The molecule has 1 amide bonds. The molecule has 0 aliphatic heterocycles. The van der Waals surface area contributed by atoms with E-state index in [4.69, 9.17) is 0 Å². The Balaban J connectivity index is 2.40. The van der Waals surface area contributed by atoms with Gasteiger partial charge in [0.15, 0.2) is 0 Å². The van der Waals surface area contributed by atoms with Gasteiger partial charge in [0.25, 0.3) is 0 Å². The Labute approximate surface area is 115 Å². The van der Waals surface area contributed by atoms with Crippen molar-refractivity contribution in [1.82, 2.24) is 9.80 Å². The SMILES string of the molecule is CC(CCc1ccc(O)cc1)N(C)CC(=O)N(C)C. The van der Waals surface area contributed by atoms with Crippen LogP contribution in [0.3, 0.4) is 0 Å². The molecule has 4 nitrogen and oxygen atoms in total. The molecule has 1 aromatic carbocycles. The van der Waals surface area contributed by atoms with Crippen molar-refractivity contribution in [2.45, 2.75) is 25.8 Å². The van der Waals surface area contributed by atoms with Gasteiger partial charge in [0.2, 0.25) is 5.91 Å². The summed E-state index contributed by atoms with van der Waals surface area (Å²) in [6.07, 6.45) is 1.93. The van der Waals surface area contributed by atoms with Gasteiger partial charge in [-0.25, -0.2) is 0 Å². The van der Waals surface area contributed by atoms with Crippen LogP contribution < -0.4 is 0 Å². The normalized spacial score (nSPS) is 12.5. The zero-order valence-electron chi connectivity index (χ0n) is 12.3. The number of carbonyl (C=O) groups excluding carboxylic acids is 1. The second-order valence-corrected chi connectivity index (χ2v) is 5.26. The summed E-state index contributed by atoms with van der Waals surface area (Å²) in [5.74, 6) is 0.421. The van der Waals surface area contributed by atoms with Crippen LogP contribution in [0.2, 0.25) is 0 Å². The summed E-state index contributed by atoms with van der Waals surface area (Å²) in [6, 6.07) is 7.64. The number of aryl methyl sites for hydroxylation is 1. The Hall–Kier alpha value is -1.55. The summed E-state index contributed by atoms with van der Waals surface area (Å²) in [6.45, 7) is 2.58. The number of hydrogen-bond donors (Lipinski definition) is 1. The number of hydrogen-bond acceptors (Lipinski definition) is 3. The standard InChI is InChI=1S/C15H24N2O2/c1-12(17(4)11-15(19)16(2)3)5-6-13-7-9-14(18)10-8-13/h7-10,12,18H,5-6,11H2,1-4H3. The van der Waals surface area contributed by atoms with Gasteiger partial charge >= 0.3 is 0 Å². The molecule has 0 spiro atoms. The molecule has 0 saturated carbocycles. The van der Waals surface area contributed by atoms with Crippen LogP contribution in [0.25, 0.3) is 0 Å². The maximum absolute atomic E-state index is 11.6. The molecule has 4 heteroatoms. The highest BCUT2D eigenvalue weighted by Gasteiger charge is 2.14. The van der Waals surface area contributed by atoms with Crippen LogP contribution in [-0.4, -0.2) is 54.5 Å². The minimum atomic E-state index is 0.124. The zero-order chi connectivity index (χ0) is 14.4. The fourth-order valence-electron chi connectivity index (χ4n) is 1.77. The van der Waals surface area contributed by atoms with Crippen molar-refractivity contribution in [3.05, 3.63) is 29.8 Å². The molecule has 0 fully saturated rings. The molecule has 0 aromatic heterocycles. The summed E-state index contributed by atoms with van der Waals surface area (Å²) in [5, 5.41) is 9.22. The molecule has 0 aliphatic rings. The van der Waals surface area contributed by atoms with E-state index in [9.17, 15) is 9.90 Å². The Bertz CT molecular complexity index is 401. The zero-order valence-corrected chi connectivity index (χ0v) is 12.3. The quantitative estimate of drug-likeness (QED) is 0.851. The van der Waals surface area contributed by atoms with E-state index in [1.54, 1.807) is 31.1 Å². The van der Waals surface area contributed by atoms with Crippen molar-refractivity contribution in [3.8, 4) is 5.75 Å². The van der Waals surface area contributed by atoms with Crippen molar-refractivity contribution in [2.24, 2.45) is 0 Å². The van der Waals surface area contributed by atoms with Crippen LogP contribution in [0.5, 0.6) is 5.75 Å². The molecule has 1 N–H and O–H groups in total. The van der Waals surface area contributed by atoms with E-state index in [0.717, 1.165) is 12.8 Å². The predicted molar refractivity (Wildman–Crippen MR) is 77.2 cm³/mol. The van der Waals surface area contributed by atoms with Crippen molar-refractivity contribution >= 4 is 5.91 Å². The third kappa shape index (κ3) is 5.30. The average Bonchev–Trinajstić information content (AvgIpc) is 2.37.